The fraction of sp³-hybridized carbons (Fsp3) is 0.333. The van der Waals surface area contributed by atoms with Gasteiger partial charge in [-0.3, -0.25) is 5.32 Å². The molecule has 1 amide bonds. The normalized spacial score (nSPS) is 14.0. The lowest BCUT2D eigenvalue weighted by molar-refractivity contribution is -0.189. The first-order valence-electron chi connectivity index (χ1n) is 10.1. The van der Waals surface area contributed by atoms with Gasteiger partial charge in [0.25, 0.3) is 0 Å². The van der Waals surface area contributed by atoms with Gasteiger partial charge in [-0.15, -0.1) is 0 Å². The van der Waals surface area contributed by atoms with Gasteiger partial charge in [-0.25, -0.2) is 9.48 Å². The molecule has 170 valence electrons. The minimum atomic E-state index is -4.71. The van der Waals surface area contributed by atoms with Gasteiger partial charge in [0.2, 0.25) is 5.54 Å². The monoisotopic (exact) mass is 445 g/mol. The first-order chi connectivity index (χ1) is 14.9. The molecule has 0 bridgehead atoms. The maximum atomic E-state index is 14.9. The zero-order chi connectivity index (χ0) is 23.7. The summed E-state index contributed by atoms with van der Waals surface area (Å²) in [5, 5.41) is 6.65. The second-order valence-electron chi connectivity index (χ2n) is 8.64. The molecule has 1 heterocycles. The van der Waals surface area contributed by atoms with Crippen LogP contribution < -0.4 is 5.32 Å². The molecule has 1 aromatic heterocycles. The van der Waals surface area contributed by atoms with E-state index in [-0.39, 0.29) is 11.1 Å². The number of amides is 1. The Morgan fingerprint density at radius 1 is 0.969 bits per heavy atom. The molecule has 0 spiro atoms. The number of anilines is 1. The molecule has 8 heteroatoms. The molecule has 0 aliphatic heterocycles. The van der Waals surface area contributed by atoms with Gasteiger partial charge >= 0.3 is 12.3 Å². The number of hydrogen-bond donors (Lipinski definition) is 1. The van der Waals surface area contributed by atoms with Gasteiger partial charge in [0.05, 0.1) is 0 Å². The first kappa shape index (κ1) is 23.4. The number of ether oxygens (including phenoxy) is 1. The molecule has 0 saturated carbocycles. The molecule has 0 aliphatic carbocycles. The van der Waals surface area contributed by atoms with Crippen molar-refractivity contribution < 1.29 is 22.7 Å². The summed E-state index contributed by atoms with van der Waals surface area (Å²) in [7, 11) is 0. The second-order valence-corrected chi connectivity index (χ2v) is 8.64. The number of alkyl halides is 3. The van der Waals surface area contributed by atoms with E-state index in [2.05, 4.69) is 10.4 Å². The Hall–Kier alpha value is -3.29. The van der Waals surface area contributed by atoms with Crippen LogP contribution in [0.1, 0.15) is 43.0 Å². The summed E-state index contributed by atoms with van der Waals surface area (Å²) in [6.07, 6.45) is -2.76. The van der Waals surface area contributed by atoms with Gasteiger partial charge in [0.15, 0.2) is 0 Å². The van der Waals surface area contributed by atoms with E-state index < -0.39 is 23.4 Å². The average molecular weight is 445 g/mol. The molecule has 3 rings (SSSR count). The van der Waals surface area contributed by atoms with E-state index >= 15 is 0 Å². The summed E-state index contributed by atoms with van der Waals surface area (Å²) in [6.45, 7) is 8.50. The van der Waals surface area contributed by atoms with E-state index in [0.717, 1.165) is 4.68 Å². The molecule has 5 nitrogen and oxygen atoms in total. The van der Waals surface area contributed by atoms with Crippen LogP contribution >= 0.6 is 0 Å². The Bertz CT molecular complexity index is 1060. The van der Waals surface area contributed by atoms with Crippen LogP contribution in [0.4, 0.5) is 23.7 Å². The molecule has 32 heavy (non-hydrogen) atoms. The first-order valence-corrected chi connectivity index (χ1v) is 10.1. The van der Waals surface area contributed by atoms with Crippen molar-refractivity contribution in [2.45, 2.75) is 51.9 Å². The van der Waals surface area contributed by atoms with Crippen molar-refractivity contribution in [3.8, 4) is 0 Å². The number of benzene rings is 2. The molecule has 2 aromatic carbocycles. The van der Waals surface area contributed by atoms with Crippen LogP contribution in [-0.2, 0) is 10.3 Å². The molecule has 1 N–H and O–H groups in total. The molecule has 1 unspecified atom stereocenters. The molecule has 0 aliphatic rings. The summed E-state index contributed by atoms with van der Waals surface area (Å²) in [4.78, 5) is 12.3. The summed E-state index contributed by atoms with van der Waals surface area (Å²) in [6, 6.07) is 12.0. The molecular formula is C24H26F3N3O2. The molecule has 0 fully saturated rings. The van der Waals surface area contributed by atoms with E-state index in [0.29, 0.717) is 16.8 Å². The topological polar surface area (TPSA) is 56.2 Å². The number of nitrogens with zero attached hydrogens (tertiary/aromatic N) is 2. The maximum Gasteiger partial charge on any atom is 0.422 e. The van der Waals surface area contributed by atoms with Gasteiger partial charge in [-0.05, 0) is 62.9 Å². The Morgan fingerprint density at radius 3 is 2.03 bits per heavy atom. The fourth-order valence-electron chi connectivity index (χ4n) is 3.81. The zero-order valence-corrected chi connectivity index (χ0v) is 18.6. The number of carbonyl (C=O) groups is 1. The summed E-state index contributed by atoms with van der Waals surface area (Å²) >= 11 is 0. The van der Waals surface area contributed by atoms with Gasteiger partial charge < -0.3 is 4.74 Å². The Balaban J connectivity index is 2.20. The van der Waals surface area contributed by atoms with Crippen LogP contribution in [0.25, 0.3) is 0 Å². The average Bonchev–Trinajstić information content (AvgIpc) is 3.18. The van der Waals surface area contributed by atoms with E-state index in [1.54, 1.807) is 52.8 Å². The molecule has 0 radical (unpaired) electrons. The quantitative estimate of drug-likeness (QED) is 0.520. The maximum absolute atomic E-state index is 14.9. The van der Waals surface area contributed by atoms with Crippen molar-refractivity contribution in [2.75, 3.05) is 5.32 Å². The lowest BCUT2D eigenvalue weighted by Crippen LogP contribution is -2.50. The van der Waals surface area contributed by atoms with Gasteiger partial charge in [0, 0.05) is 18.1 Å². The van der Waals surface area contributed by atoms with Crippen LogP contribution in [0, 0.1) is 13.8 Å². The predicted octanol–water partition coefficient (Wildman–Crippen LogP) is 6.20. The minimum absolute atomic E-state index is 0.00959. The van der Waals surface area contributed by atoms with Gasteiger partial charge in [-0.1, -0.05) is 42.5 Å². The third kappa shape index (κ3) is 4.35. The van der Waals surface area contributed by atoms with Crippen molar-refractivity contribution in [1.29, 1.82) is 0 Å². The molecule has 1 atom stereocenters. The van der Waals surface area contributed by atoms with Crippen molar-refractivity contribution in [1.82, 2.24) is 9.78 Å². The number of halogens is 3. The van der Waals surface area contributed by atoms with E-state index in [4.69, 9.17) is 4.74 Å². The molecule has 3 aromatic rings. The van der Waals surface area contributed by atoms with Crippen LogP contribution in [0.2, 0.25) is 0 Å². The standard InChI is InChI=1S/C24H26F3N3O2/c1-16-14-19(15-17(2)20(16)29-21(31)32-22(3,4)5)23(24(25,26)27,30-13-9-12-28-30)18-10-7-6-8-11-18/h6-15H,1-5H3,(H,29,31). The zero-order valence-electron chi connectivity index (χ0n) is 18.6. The SMILES string of the molecule is Cc1cc(C(c2ccccc2)(n2cccn2)C(F)(F)F)cc(C)c1NC(=O)OC(C)(C)C. The van der Waals surface area contributed by atoms with Crippen molar-refractivity contribution in [3.05, 3.63) is 83.2 Å². The Kier molecular flexibility index (Phi) is 6.09. The third-order valence-electron chi connectivity index (χ3n) is 5.03. The smallest absolute Gasteiger partial charge is 0.422 e. The van der Waals surface area contributed by atoms with Crippen LogP contribution in [0.15, 0.2) is 60.9 Å². The van der Waals surface area contributed by atoms with Gasteiger partial charge in [-0.2, -0.15) is 18.3 Å². The number of aryl methyl sites for hydroxylation is 2. The molecular weight excluding hydrogens is 419 g/mol. The van der Waals surface area contributed by atoms with Crippen molar-refractivity contribution in [3.63, 3.8) is 0 Å². The highest BCUT2D eigenvalue weighted by molar-refractivity contribution is 5.87. The Labute approximate surface area is 185 Å². The van der Waals surface area contributed by atoms with Crippen molar-refractivity contribution in [2.24, 2.45) is 0 Å². The summed E-state index contributed by atoms with van der Waals surface area (Å²) in [5.74, 6) is 0. The fourth-order valence-corrected chi connectivity index (χ4v) is 3.81. The second kappa shape index (κ2) is 8.33. The highest BCUT2D eigenvalue weighted by Gasteiger charge is 2.59. The van der Waals surface area contributed by atoms with Gasteiger partial charge in [0.1, 0.15) is 5.60 Å². The largest absolute Gasteiger partial charge is 0.444 e. The third-order valence-corrected chi connectivity index (χ3v) is 5.03. The highest BCUT2D eigenvalue weighted by atomic mass is 19.4. The minimum Gasteiger partial charge on any atom is -0.444 e. The molecule has 0 saturated heterocycles. The van der Waals surface area contributed by atoms with Crippen molar-refractivity contribution >= 4 is 11.8 Å². The number of nitrogens with one attached hydrogen (secondary N) is 1. The number of hydrogen-bond acceptors (Lipinski definition) is 3. The number of rotatable bonds is 4. The number of aromatic nitrogens is 2. The van der Waals surface area contributed by atoms with E-state index in [1.807, 2.05) is 0 Å². The van der Waals surface area contributed by atoms with Crippen LogP contribution in [-0.4, -0.2) is 27.7 Å². The van der Waals surface area contributed by atoms with Crippen LogP contribution in [0.3, 0.4) is 0 Å². The highest BCUT2D eigenvalue weighted by Crippen LogP contribution is 2.48. The predicted molar refractivity (Wildman–Crippen MR) is 117 cm³/mol. The lowest BCUT2D eigenvalue weighted by atomic mass is 9.80. The summed E-state index contributed by atoms with van der Waals surface area (Å²) in [5.41, 5.74) is -1.87. The number of carbonyl (C=O) groups excluding carboxylic acids is 1. The van der Waals surface area contributed by atoms with E-state index in [1.165, 1.54) is 42.7 Å². The van der Waals surface area contributed by atoms with Crippen LogP contribution in [0.5, 0.6) is 0 Å². The van der Waals surface area contributed by atoms with E-state index in [9.17, 15) is 18.0 Å². The Morgan fingerprint density at radius 2 is 1.56 bits per heavy atom. The summed E-state index contributed by atoms with van der Waals surface area (Å²) < 4.78 is 51.0. The lowest BCUT2D eigenvalue weighted by Gasteiger charge is -2.37.